The zero-order chi connectivity index (χ0) is 20.4. The summed E-state index contributed by atoms with van der Waals surface area (Å²) in [6, 6.07) is 12.2. The number of aryl methyl sites for hydroxylation is 1. The van der Waals surface area contributed by atoms with Crippen molar-refractivity contribution in [3.05, 3.63) is 53.6 Å². The quantitative estimate of drug-likeness (QED) is 0.666. The standard InChI is InChI=1S/C21H23N3O3S2/c1-15-9-10-18-19(13-15)28-21(22-18)23-20(25)16-7-6-8-17(14-16)29(26,27)24-11-4-2-3-5-12-24/h6-10,13-14H,2-5,11-12H2,1H3,(H,22,23,25). The highest BCUT2D eigenvalue weighted by atomic mass is 32.2. The number of benzene rings is 2. The average Bonchev–Trinajstić information content (AvgIpc) is 2.91. The number of hydrogen-bond donors (Lipinski definition) is 1. The van der Waals surface area contributed by atoms with Gasteiger partial charge in [0.15, 0.2) is 5.13 Å². The van der Waals surface area contributed by atoms with Crippen molar-refractivity contribution in [1.29, 1.82) is 0 Å². The van der Waals surface area contributed by atoms with Crippen LogP contribution in [-0.2, 0) is 10.0 Å². The molecule has 4 rings (SSSR count). The second kappa shape index (κ2) is 8.22. The van der Waals surface area contributed by atoms with E-state index in [0.717, 1.165) is 41.5 Å². The number of hydrogen-bond acceptors (Lipinski definition) is 5. The van der Waals surface area contributed by atoms with Gasteiger partial charge in [-0.05, 0) is 55.7 Å². The van der Waals surface area contributed by atoms with Crippen molar-refractivity contribution in [1.82, 2.24) is 9.29 Å². The van der Waals surface area contributed by atoms with Crippen LogP contribution in [0.4, 0.5) is 5.13 Å². The van der Waals surface area contributed by atoms with Crippen molar-refractivity contribution in [3.63, 3.8) is 0 Å². The van der Waals surface area contributed by atoms with Gasteiger partial charge in [0.2, 0.25) is 10.0 Å². The summed E-state index contributed by atoms with van der Waals surface area (Å²) in [5.41, 5.74) is 2.26. The lowest BCUT2D eigenvalue weighted by atomic mass is 10.2. The molecule has 0 atom stereocenters. The topological polar surface area (TPSA) is 79.4 Å². The maximum absolute atomic E-state index is 13.0. The molecule has 152 valence electrons. The molecule has 0 radical (unpaired) electrons. The lowest BCUT2D eigenvalue weighted by Gasteiger charge is -2.20. The van der Waals surface area contributed by atoms with Crippen molar-refractivity contribution < 1.29 is 13.2 Å². The number of rotatable bonds is 4. The third-order valence-electron chi connectivity index (χ3n) is 5.06. The van der Waals surface area contributed by atoms with Crippen LogP contribution in [0, 0.1) is 6.92 Å². The van der Waals surface area contributed by atoms with E-state index >= 15 is 0 Å². The van der Waals surface area contributed by atoms with E-state index in [9.17, 15) is 13.2 Å². The predicted molar refractivity (Wildman–Crippen MR) is 116 cm³/mol. The number of carbonyl (C=O) groups excluding carboxylic acids is 1. The Bertz CT molecular complexity index is 1150. The summed E-state index contributed by atoms with van der Waals surface area (Å²) in [5, 5.41) is 3.29. The number of nitrogens with one attached hydrogen (secondary N) is 1. The molecule has 1 amide bonds. The van der Waals surface area contributed by atoms with Crippen molar-refractivity contribution in [3.8, 4) is 0 Å². The van der Waals surface area contributed by atoms with Crippen molar-refractivity contribution >= 4 is 42.6 Å². The van der Waals surface area contributed by atoms with Gasteiger partial charge in [0, 0.05) is 18.7 Å². The lowest BCUT2D eigenvalue weighted by Crippen LogP contribution is -2.32. The maximum atomic E-state index is 13.0. The van der Waals surface area contributed by atoms with Gasteiger partial charge in [0.25, 0.3) is 5.91 Å². The van der Waals surface area contributed by atoms with Gasteiger partial charge in [0.05, 0.1) is 15.1 Å². The summed E-state index contributed by atoms with van der Waals surface area (Å²) < 4.78 is 28.5. The number of aromatic nitrogens is 1. The first-order valence-electron chi connectivity index (χ1n) is 9.72. The number of sulfonamides is 1. The number of fused-ring (bicyclic) bond motifs is 1. The molecule has 2 aromatic carbocycles. The Morgan fingerprint density at radius 2 is 1.83 bits per heavy atom. The second-order valence-electron chi connectivity index (χ2n) is 7.29. The Morgan fingerprint density at radius 1 is 1.07 bits per heavy atom. The number of amides is 1. The molecule has 1 N–H and O–H groups in total. The Balaban J connectivity index is 1.56. The van der Waals surface area contributed by atoms with Crippen LogP contribution in [0.2, 0.25) is 0 Å². The largest absolute Gasteiger partial charge is 0.298 e. The zero-order valence-corrected chi connectivity index (χ0v) is 17.9. The Kier molecular flexibility index (Phi) is 5.67. The van der Waals surface area contributed by atoms with Gasteiger partial charge < -0.3 is 0 Å². The van der Waals surface area contributed by atoms with E-state index in [-0.39, 0.29) is 10.8 Å². The highest BCUT2D eigenvalue weighted by molar-refractivity contribution is 7.89. The third kappa shape index (κ3) is 4.34. The Labute approximate surface area is 174 Å². The molecule has 29 heavy (non-hydrogen) atoms. The van der Waals surface area contributed by atoms with Crippen LogP contribution in [0.15, 0.2) is 47.4 Å². The monoisotopic (exact) mass is 429 g/mol. The highest BCUT2D eigenvalue weighted by Crippen LogP contribution is 2.27. The number of thiazole rings is 1. The first-order valence-corrected chi connectivity index (χ1v) is 12.0. The summed E-state index contributed by atoms with van der Waals surface area (Å²) in [4.78, 5) is 17.3. The van der Waals surface area contributed by atoms with E-state index in [1.807, 2.05) is 25.1 Å². The molecule has 2 heterocycles. The van der Waals surface area contributed by atoms with Crippen LogP contribution in [0.3, 0.4) is 0 Å². The first kappa shape index (κ1) is 20.0. The van der Waals surface area contributed by atoms with Gasteiger partial charge in [-0.15, -0.1) is 0 Å². The summed E-state index contributed by atoms with van der Waals surface area (Å²) in [6.45, 7) is 3.07. The number of carbonyl (C=O) groups is 1. The van der Waals surface area contributed by atoms with Gasteiger partial charge in [-0.25, -0.2) is 13.4 Å². The Hall–Kier alpha value is -2.29. The molecule has 1 aliphatic rings. The molecule has 6 nitrogen and oxygen atoms in total. The summed E-state index contributed by atoms with van der Waals surface area (Å²) in [5.74, 6) is -0.367. The summed E-state index contributed by atoms with van der Waals surface area (Å²) in [7, 11) is -3.60. The molecule has 3 aromatic rings. The van der Waals surface area contributed by atoms with Crippen molar-refractivity contribution in [2.75, 3.05) is 18.4 Å². The molecule has 0 spiro atoms. The minimum atomic E-state index is -3.60. The highest BCUT2D eigenvalue weighted by Gasteiger charge is 2.26. The lowest BCUT2D eigenvalue weighted by molar-refractivity contribution is 0.102. The fourth-order valence-corrected chi connectivity index (χ4v) is 6.01. The fourth-order valence-electron chi connectivity index (χ4n) is 3.48. The average molecular weight is 430 g/mol. The van der Waals surface area contributed by atoms with Gasteiger partial charge in [-0.2, -0.15) is 4.31 Å². The van der Waals surface area contributed by atoms with E-state index in [0.29, 0.717) is 23.8 Å². The molecule has 0 aliphatic carbocycles. The van der Waals surface area contributed by atoms with E-state index in [2.05, 4.69) is 10.3 Å². The molecule has 0 saturated carbocycles. The maximum Gasteiger partial charge on any atom is 0.257 e. The smallest absolute Gasteiger partial charge is 0.257 e. The van der Waals surface area contributed by atoms with Crippen LogP contribution in [0.25, 0.3) is 10.2 Å². The van der Waals surface area contributed by atoms with Crippen LogP contribution < -0.4 is 5.32 Å². The van der Waals surface area contributed by atoms with Crippen LogP contribution in [0.5, 0.6) is 0 Å². The molecule has 1 saturated heterocycles. The van der Waals surface area contributed by atoms with Crippen LogP contribution >= 0.6 is 11.3 Å². The van der Waals surface area contributed by atoms with Gasteiger partial charge >= 0.3 is 0 Å². The molecule has 1 fully saturated rings. The number of anilines is 1. The molecular weight excluding hydrogens is 406 g/mol. The molecule has 1 aliphatic heterocycles. The van der Waals surface area contributed by atoms with E-state index in [4.69, 9.17) is 0 Å². The third-order valence-corrected chi connectivity index (χ3v) is 7.89. The van der Waals surface area contributed by atoms with Crippen LogP contribution in [0.1, 0.15) is 41.6 Å². The minimum absolute atomic E-state index is 0.159. The van der Waals surface area contributed by atoms with Gasteiger partial charge in [-0.1, -0.05) is 36.3 Å². The molecule has 0 unspecified atom stereocenters. The summed E-state index contributed by atoms with van der Waals surface area (Å²) in [6.07, 6.45) is 3.85. The van der Waals surface area contributed by atoms with Crippen molar-refractivity contribution in [2.24, 2.45) is 0 Å². The summed E-state index contributed by atoms with van der Waals surface area (Å²) >= 11 is 1.40. The molecule has 1 aromatic heterocycles. The van der Waals surface area contributed by atoms with Crippen molar-refractivity contribution in [2.45, 2.75) is 37.5 Å². The van der Waals surface area contributed by atoms with E-state index in [1.165, 1.54) is 21.7 Å². The second-order valence-corrected chi connectivity index (χ2v) is 10.3. The fraction of sp³-hybridized carbons (Fsp3) is 0.333. The van der Waals surface area contributed by atoms with E-state index in [1.54, 1.807) is 18.2 Å². The first-order chi connectivity index (χ1) is 13.9. The Morgan fingerprint density at radius 3 is 2.59 bits per heavy atom. The predicted octanol–water partition coefficient (Wildman–Crippen LogP) is 4.42. The zero-order valence-electron chi connectivity index (χ0n) is 16.2. The van der Waals surface area contributed by atoms with Crippen LogP contribution in [-0.4, -0.2) is 36.7 Å². The SMILES string of the molecule is Cc1ccc2nc(NC(=O)c3cccc(S(=O)(=O)N4CCCCCC4)c3)sc2c1. The molecule has 0 bridgehead atoms. The molecule has 8 heteroatoms. The number of nitrogens with zero attached hydrogens (tertiary/aromatic N) is 2. The molecular formula is C21H23N3O3S2. The normalized spacial score (nSPS) is 15.9. The van der Waals surface area contributed by atoms with Gasteiger partial charge in [0.1, 0.15) is 0 Å². The van der Waals surface area contributed by atoms with E-state index < -0.39 is 10.0 Å². The van der Waals surface area contributed by atoms with Gasteiger partial charge in [-0.3, -0.25) is 10.1 Å². The minimum Gasteiger partial charge on any atom is -0.298 e.